The van der Waals surface area contributed by atoms with E-state index < -0.39 is 11.7 Å². The van der Waals surface area contributed by atoms with Crippen LogP contribution in [0, 0.1) is 0 Å². The molecule has 0 aromatic carbocycles. The molecule has 0 saturated carbocycles. The minimum atomic E-state index is -4.47. The van der Waals surface area contributed by atoms with Crippen LogP contribution < -0.4 is 10.2 Å². The van der Waals surface area contributed by atoms with Crippen LogP contribution in [-0.2, 0) is 6.18 Å². The van der Waals surface area contributed by atoms with Gasteiger partial charge < -0.3 is 15.1 Å². The number of piperazine rings is 1. The zero-order valence-corrected chi connectivity index (χ0v) is 15.0. The lowest BCUT2D eigenvalue weighted by Crippen LogP contribution is -2.53. The summed E-state index contributed by atoms with van der Waals surface area (Å²) in [5.74, 6) is 0.314. The van der Waals surface area contributed by atoms with Gasteiger partial charge in [0.15, 0.2) is 0 Å². The number of carbonyl (C=O) groups excluding carboxylic acids is 1. The molecule has 2 rings (SSSR count). The Labute approximate surface area is 150 Å². The van der Waals surface area contributed by atoms with Crippen molar-refractivity contribution in [3.8, 4) is 0 Å². The fraction of sp³-hybridized carbons (Fsp3) is 0.625. The van der Waals surface area contributed by atoms with Crippen LogP contribution in [0.1, 0.15) is 32.3 Å². The Balaban J connectivity index is 1.95. The van der Waals surface area contributed by atoms with E-state index in [1.165, 1.54) is 0 Å². The first-order valence-electron chi connectivity index (χ1n) is 8.25. The summed E-state index contributed by atoms with van der Waals surface area (Å²) in [6, 6.07) is 0.878. The number of urea groups is 1. The quantitative estimate of drug-likeness (QED) is 0.867. The molecule has 140 valence electrons. The topological polar surface area (TPSA) is 48.5 Å². The number of rotatable bonds is 4. The average molecular weight is 379 g/mol. The number of aromatic nitrogens is 1. The number of nitrogens with zero attached hydrogens (tertiary/aromatic N) is 3. The fourth-order valence-corrected chi connectivity index (χ4v) is 3.03. The lowest BCUT2D eigenvalue weighted by atomic mass is 10.2. The summed E-state index contributed by atoms with van der Waals surface area (Å²) in [7, 11) is 0. The lowest BCUT2D eigenvalue weighted by Gasteiger charge is -2.36. The maximum atomic E-state index is 12.7. The molecule has 1 aromatic heterocycles. The molecule has 9 heteroatoms. The van der Waals surface area contributed by atoms with Crippen molar-refractivity contribution in [2.24, 2.45) is 0 Å². The van der Waals surface area contributed by atoms with E-state index in [-0.39, 0.29) is 17.1 Å². The lowest BCUT2D eigenvalue weighted by molar-refractivity contribution is -0.137. The SMILES string of the molecule is CCC[C@@H](C)NC(=O)N1CCN(c2ncc(C(F)(F)F)cc2Cl)CC1. The van der Waals surface area contributed by atoms with Gasteiger partial charge in [-0.2, -0.15) is 13.2 Å². The highest BCUT2D eigenvalue weighted by molar-refractivity contribution is 6.33. The molecule has 2 amide bonds. The van der Waals surface area contributed by atoms with Crippen LogP contribution in [0.3, 0.4) is 0 Å². The molecule has 0 radical (unpaired) electrons. The number of amides is 2. The normalized spacial score (nSPS) is 16.7. The summed E-state index contributed by atoms with van der Waals surface area (Å²) in [4.78, 5) is 19.5. The molecule has 0 spiro atoms. The van der Waals surface area contributed by atoms with Gasteiger partial charge in [0.05, 0.1) is 10.6 Å². The largest absolute Gasteiger partial charge is 0.417 e. The van der Waals surface area contributed by atoms with Gasteiger partial charge in [-0.25, -0.2) is 9.78 Å². The van der Waals surface area contributed by atoms with Crippen LogP contribution in [0.15, 0.2) is 12.3 Å². The Morgan fingerprint density at radius 1 is 1.36 bits per heavy atom. The zero-order chi connectivity index (χ0) is 18.6. The molecular formula is C16H22ClF3N4O. The number of nitrogens with one attached hydrogen (secondary N) is 1. The highest BCUT2D eigenvalue weighted by Gasteiger charge is 2.32. The van der Waals surface area contributed by atoms with Crippen molar-refractivity contribution >= 4 is 23.4 Å². The average Bonchev–Trinajstić information content (AvgIpc) is 2.54. The van der Waals surface area contributed by atoms with Crippen LogP contribution in [0.25, 0.3) is 0 Å². The third kappa shape index (κ3) is 5.14. The second-order valence-corrected chi connectivity index (χ2v) is 6.55. The molecule has 1 atom stereocenters. The van der Waals surface area contributed by atoms with Crippen molar-refractivity contribution in [1.82, 2.24) is 15.2 Å². The highest BCUT2D eigenvalue weighted by Crippen LogP contribution is 2.33. The number of alkyl halides is 3. The number of hydrogen-bond acceptors (Lipinski definition) is 3. The van der Waals surface area contributed by atoms with Crippen molar-refractivity contribution < 1.29 is 18.0 Å². The van der Waals surface area contributed by atoms with Crippen LogP contribution in [-0.4, -0.2) is 48.1 Å². The smallest absolute Gasteiger partial charge is 0.352 e. The molecular weight excluding hydrogens is 357 g/mol. The minimum absolute atomic E-state index is 0.0377. The van der Waals surface area contributed by atoms with Gasteiger partial charge >= 0.3 is 12.2 Å². The molecule has 25 heavy (non-hydrogen) atoms. The molecule has 1 aliphatic heterocycles. The van der Waals surface area contributed by atoms with Crippen molar-refractivity contribution in [1.29, 1.82) is 0 Å². The standard InChI is InChI=1S/C16H22ClF3N4O/c1-3-4-11(2)22-15(25)24-7-5-23(6-8-24)14-13(17)9-12(10-21-14)16(18,19)20/h9-11H,3-8H2,1-2H3,(H,22,25)/t11-/m1/s1. The minimum Gasteiger partial charge on any atom is -0.352 e. The molecule has 0 bridgehead atoms. The van der Waals surface area contributed by atoms with Gasteiger partial charge in [0.1, 0.15) is 5.82 Å². The Hall–Kier alpha value is -1.70. The molecule has 1 aliphatic rings. The van der Waals surface area contributed by atoms with E-state index >= 15 is 0 Å². The Bertz CT molecular complexity index is 604. The number of halogens is 4. The first-order chi connectivity index (χ1) is 11.7. The van der Waals surface area contributed by atoms with E-state index in [4.69, 9.17) is 11.6 Å². The van der Waals surface area contributed by atoms with Gasteiger partial charge in [0, 0.05) is 38.4 Å². The molecule has 1 fully saturated rings. The van der Waals surface area contributed by atoms with E-state index in [2.05, 4.69) is 17.2 Å². The molecule has 1 saturated heterocycles. The predicted octanol–water partition coefficient (Wildman–Crippen LogP) is 3.77. The fourth-order valence-electron chi connectivity index (χ4n) is 2.75. The maximum absolute atomic E-state index is 12.7. The zero-order valence-electron chi connectivity index (χ0n) is 14.2. The van der Waals surface area contributed by atoms with Crippen LogP contribution >= 0.6 is 11.6 Å². The molecule has 1 N–H and O–H groups in total. The summed E-state index contributed by atoms with van der Waals surface area (Å²) >= 11 is 5.97. The van der Waals surface area contributed by atoms with Gasteiger partial charge in [0.25, 0.3) is 0 Å². The van der Waals surface area contributed by atoms with Crippen molar-refractivity contribution in [2.75, 3.05) is 31.1 Å². The third-order valence-corrected chi connectivity index (χ3v) is 4.39. The summed E-state index contributed by atoms with van der Waals surface area (Å²) in [5.41, 5.74) is -0.871. The van der Waals surface area contributed by atoms with Crippen molar-refractivity contribution in [2.45, 2.75) is 38.9 Å². The van der Waals surface area contributed by atoms with Crippen molar-refractivity contribution in [3.05, 3.63) is 22.8 Å². The van der Waals surface area contributed by atoms with Gasteiger partial charge in [-0.05, 0) is 19.4 Å². The van der Waals surface area contributed by atoms with Crippen molar-refractivity contribution in [3.63, 3.8) is 0 Å². The summed E-state index contributed by atoms with van der Waals surface area (Å²) in [5, 5.41) is 2.90. The van der Waals surface area contributed by atoms with Gasteiger partial charge in [0.2, 0.25) is 0 Å². The Morgan fingerprint density at radius 3 is 2.52 bits per heavy atom. The van der Waals surface area contributed by atoms with Crippen LogP contribution in [0.4, 0.5) is 23.8 Å². The summed E-state index contributed by atoms with van der Waals surface area (Å²) in [6.45, 7) is 5.88. The van der Waals surface area contributed by atoms with Crippen LogP contribution in [0.2, 0.25) is 5.02 Å². The maximum Gasteiger partial charge on any atom is 0.417 e. The highest BCUT2D eigenvalue weighted by atomic mass is 35.5. The molecule has 0 aliphatic carbocycles. The molecule has 1 aromatic rings. The molecule has 5 nitrogen and oxygen atoms in total. The number of carbonyl (C=O) groups is 1. The molecule has 2 heterocycles. The first kappa shape index (κ1) is 19.6. The Morgan fingerprint density at radius 2 is 2.00 bits per heavy atom. The van der Waals surface area contributed by atoms with E-state index in [0.717, 1.165) is 25.1 Å². The van der Waals surface area contributed by atoms with E-state index in [1.54, 1.807) is 9.80 Å². The van der Waals surface area contributed by atoms with E-state index in [1.807, 2.05) is 6.92 Å². The summed E-state index contributed by atoms with van der Waals surface area (Å²) < 4.78 is 38.0. The van der Waals surface area contributed by atoms with E-state index in [0.29, 0.717) is 32.0 Å². The third-order valence-electron chi connectivity index (χ3n) is 4.11. The van der Waals surface area contributed by atoms with E-state index in [9.17, 15) is 18.0 Å². The van der Waals surface area contributed by atoms with Gasteiger partial charge in [-0.15, -0.1) is 0 Å². The second-order valence-electron chi connectivity index (χ2n) is 6.14. The van der Waals surface area contributed by atoms with Gasteiger partial charge in [-0.1, -0.05) is 24.9 Å². The number of pyridine rings is 1. The van der Waals surface area contributed by atoms with Crippen LogP contribution in [0.5, 0.6) is 0 Å². The second kappa shape index (κ2) is 8.12. The Kier molecular flexibility index (Phi) is 6.37. The molecule has 0 unspecified atom stereocenters. The monoisotopic (exact) mass is 378 g/mol. The number of hydrogen-bond donors (Lipinski definition) is 1. The summed E-state index contributed by atoms with van der Waals surface area (Å²) in [6.07, 6.45) is -1.78. The first-order valence-corrected chi connectivity index (χ1v) is 8.63. The van der Waals surface area contributed by atoms with Gasteiger partial charge in [-0.3, -0.25) is 0 Å². The predicted molar refractivity (Wildman–Crippen MR) is 90.9 cm³/mol. The number of anilines is 1.